The zero-order chi connectivity index (χ0) is 20.5. The molecule has 0 spiro atoms. The van der Waals surface area contributed by atoms with Crippen LogP contribution in [0, 0.1) is 0 Å². The van der Waals surface area contributed by atoms with Gasteiger partial charge in [0.25, 0.3) is 5.91 Å². The van der Waals surface area contributed by atoms with Gasteiger partial charge in [0.1, 0.15) is 10.1 Å². The van der Waals surface area contributed by atoms with E-state index in [1.807, 2.05) is 54.6 Å². The van der Waals surface area contributed by atoms with Crippen molar-refractivity contribution in [2.45, 2.75) is 6.54 Å². The highest BCUT2D eigenvalue weighted by Gasteiger charge is 2.23. The Kier molecular flexibility index (Phi) is 8.58. The Morgan fingerprint density at radius 1 is 1.00 bits per heavy atom. The SMILES string of the molecule is COC(=O)/C(Cl)=C(/Cl)C(=O)N(C/C=C/c1ccc(Cl)cc1)Cc1ccccc1. The summed E-state index contributed by atoms with van der Waals surface area (Å²) in [6.45, 7) is 0.560. The average molecular weight is 439 g/mol. The number of nitrogens with zero attached hydrogens (tertiary/aromatic N) is 1. The fraction of sp³-hybridized carbons (Fsp3) is 0.143. The molecule has 2 aromatic rings. The van der Waals surface area contributed by atoms with E-state index in [-0.39, 0.29) is 11.6 Å². The smallest absolute Gasteiger partial charge is 0.351 e. The molecule has 0 heterocycles. The predicted molar refractivity (Wildman–Crippen MR) is 113 cm³/mol. The van der Waals surface area contributed by atoms with Crippen LogP contribution in [0.15, 0.2) is 70.7 Å². The zero-order valence-electron chi connectivity index (χ0n) is 15.1. The lowest BCUT2D eigenvalue weighted by molar-refractivity contribution is -0.136. The molecule has 2 aromatic carbocycles. The van der Waals surface area contributed by atoms with Crippen molar-refractivity contribution in [3.8, 4) is 0 Å². The second kappa shape index (κ2) is 10.9. The minimum Gasteiger partial charge on any atom is -0.465 e. The Hall–Kier alpha value is -2.27. The van der Waals surface area contributed by atoms with Gasteiger partial charge in [0.2, 0.25) is 0 Å². The maximum absolute atomic E-state index is 12.8. The minimum atomic E-state index is -0.864. The van der Waals surface area contributed by atoms with Gasteiger partial charge in [0.05, 0.1) is 7.11 Å². The van der Waals surface area contributed by atoms with E-state index in [1.165, 1.54) is 4.90 Å². The molecule has 0 radical (unpaired) electrons. The average Bonchev–Trinajstić information content (AvgIpc) is 2.73. The van der Waals surface area contributed by atoms with Crippen LogP contribution in [-0.4, -0.2) is 30.4 Å². The van der Waals surface area contributed by atoms with Gasteiger partial charge in [0, 0.05) is 18.1 Å². The van der Waals surface area contributed by atoms with Crippen molar-refractivity contribution >= 4 is 52.8 Å². The molecule has 7 heteroatoms. The molecule has 28 heavy (non-hydrogen) atoms. The van der Waals surface area contributed by atoms with Gasteiger partial charge in [-0.3, -0.25) is 4.79 Å². The summed E-state index contributed by atoms with van der Waals surface area (Å²) in [5.41, 5.74) is 1.85. The lowest BCUT2D eigenvalue weighted by atomic mass is 10.2. The fourth-order valence-electron chi connectivity index (χ4n) is 2.32. The van der Waals surface area contributed by atoms with Gasteiger partial charge in [-0.1, -0.05) is 89.4 Å². The molecule has 0 unspecified atom stereocenters. The Labute approximate surface area is 178 Å². The zero-order valence-corrected chi connectivity index (χ0v) is 17.3. The first-order valence-corrected chi connectivity index (χ1v) is 9.44. The lowest BCUT2D eigenvalue weighted by Crippen LogP contribution is -2.31. The first-order valence-electron chi connectivity index (χ1n) is 8.31. The Morgan fingerprint density at radius 2 is 1.64 bits per heavy atom. The summed E-state index contributed by atoms with van der Waals surface area (Å²) < 4.78 is 4.52. The molecule has 0 aliphatic rings. The van der Waals surface area contributed by atoms with Crippen LogP contribution in [-0.2, 0) is 20.9 Å². The van der Waals surface area contributed by atoms with Crippen LogP contribution in [0.1, 0.15) is 11.1 Å². The number of benzene rings is 2. The summed E-state index contributed by atoms with van der Waals surface area (Å²) in [4.78, 5) is 25.8. The minimum absolute atomic E-state index is 0.262. The monoisotopic (exact) mass is 437 g/mol. The van der Waals surface area contributed by atoms with E-state index in [0.717, 1.165) is 18.2 Å². The number of carbonyl (C=O) groups is 2. The van der Waals surface area contributed by atoms with Gasteiger partial charge in [0.15, 0.2) is 0 Å². The highest BCUT2D eigenvalue weighted by molar-refractivity contribution is 6.53. The normalized spacial score (nSPS) is 11.9. The summed E-state index contributed by atoms with van der Waals surface area (Å²) in [7, 11) is 1.16. The van der Waals surface area contributed by atoms with Crippen LogP contribution in [0.5, 0.6) is 0 Å². The maximum atomic E-state index is 12.8. The van der Waals surface area contributed by atoms with Crippen LogP contribution >= 0.6 is 34.8 Å². The van der Waals surface area contributed by atoms with Gasteiger partial charge >= 0.3 is 5.97 Å². The molecule has 0 N–H and O–H groups in total. The van der Waals surface area contributed by atoms with E-state index >= 15 is 0 Å². The van der Waals surface area contributed by atoms with Gasteiger partial charge in [-0.15, -0.1) is 0 Å². The van der Waals surface area contributed by atoms with E-state index in [0.29, 0.717) is 11.6 Å². The van der Waals surface area contributed by atoms with Crippen molar-refractivity contribution in [1.29, 1.82) is 0 Å². The quantitative estimate of drug-likeness (QED) is 0.438. The summed E-state index contributed by atoms with van der Waals surface area (Å²) in [5.74, 6) is -1.43. The summed E-state index contributed by atoms with van der Waals surface area (Å²) in [5, 5.41) is -0.189. The molecular formula is C21H18Cl3NO3. The van der Waals surface area contributed by atoms with E-state index in [1.54, 1.807) is 12.1 Å². The molecule has 1 amide bonds. The van der Waals surface area contributed by atoms with Crippen LogP contribution in [0.4, 0.5) is 0 Å². The first kappa shape index (κ1) is 22.0. The molecule has 0 bridgehead atoms. The van der Waals surface area contributed by atoms with Crippen molar-refractivity contribution < 1.29 is 14.3 Å². The highest BCUT2D eigenvalue weighted by atomic mass is 35.5. The number of ether oxygens (including phenoxy) is 1. The van der Waals surface area contributed by atoms with Crippen LogP contribution < -0.4 is 0 Å². The van der Waals surface area contributed by atoms with Crippen molar-refractivity contribution in [1.82, 2.24) is 4.90 Å². The van der Waals surface area contributed by atoms with E-state index in [2.05, 4.69) is 4.74 Å². The summed E-state index contributed by atoms with van der Waals surface area (Å²) in [6, 6.07) is 16.7. The Morgan fingerprint density at radius 3 is 2.25 bits per heavy atom. The molecular weight excluding hydrogens is 421 g/mol. The number of esters is 1. The van der Waals surface area contributed by atoms with E-state index < -0.39 is 16.9 Å². The number of rotatable bonds is 7. The van der Waals surface area contributed by atoms with Crippen molar-refractivity contribution in [3.63, 3.8) is 0 Å². The lowest BCUT2D eigenvalue weighted by Gasteiger charge is -2.21. The van der Waals surface area contributed by atoms with Crippen molar-refractivity contribution in [2.75, 3.05) is 13.7 Å². The predicted octanol–water partition coefficient (Wildman–Crippen LogP) is 5.24. The van der Waals surface area contributed by atoms with Crippen LogP contribution in [0.3, 0.4) is 0 Å². The van der Waals surface area contributed by atoms with Crippen LogP contribution in [0.25, 0.3) is 6.08 Å². The molecule has 0 aliphatic carbocycles. The Bertz CT molecular complexity index is 878. The molecule has 146 valence electrons. The first-order chi connectivity index (χ1) is 13.4. The Balaban J connectivity index is 2.22. The molecule has 0 saturated carbocycles. The largest absolute Gasteiger partial charge is 0.465 e. The van der Waals surface area contributed by atoms with E-state index in [4.69, 9.17) is 34.8 Å². The number of halogens is 3. The second-order valence-electron chi connectivity index (χ2n) is 5.74. The molecule has 2 rings (SSSR count). The highest BCUT2D eigenvalue weighted by Crippen LogP contribution is 2.20. The van der Waals surface area contributed by atoms with E-state index in [9.17, 15) is 9.59 Å². The molecule has 0 aliphatic heterocycles. The number of hydrogen-bond acceptors (Lipinski definition) is 3. The third-order valence-corrected chi connectivity index (χ3v) is 4.80. The second-order valence-corrected chi connectivity index (χ2v) is 6.94. The van der Waals surface area contributed by atoms with Gasteiger partial charge in [-0.25, -0.2) is 4.79 Å². The van der Waals surface area contributed by atoms with Gasteiger partial charge in [-0.2, -0.15) is 0 Å². The van der Waals surface area contributed by atoms with Crippen LogP contribution in [0.2, 0.25) is 5.02 Å². The molecule has 4 nitrogen and oxygen atoms in total. The molecule has 0 fully saturated rings. The fourth-order valence-corrected chi connectivity index (χ4v) is 2.81. The molecule has 0 saturated heterocycles. The topological polar surface area (TPSA) is 46.6 Å². The van der Waals surface area contributed by atoms with Crippen molar-refractivity contribution in [2.24, 2.45) is 0 Å². The van der Waals surface area contributed by atoms with Gasteiger partial charge in [-0.05, 0) is 23.3 Å². The third-order valence-electron chi connectivity index (χ3n) is 3.75. The van der Waals surface area contributed by atoms with Gasteiger partial charge < -0.3 is 9.64 Å². The molecule has 0 aromatic heterocycles. The number of methoxy groups -OCH3 is 1. The third kappa shape index (κ3) is 6.41. The molecule has 0 atom stereocenters. The number of hydrogen-bond donors (Lipinski definition) is 0. The maximum Gasteiger partial charge on any atom is 0.351 e. The van der Waals surface area contributed by atoms with Crippen molar-refractivity contribution in [3.05, 3.63) is 86.9 Å². The number of amides is 1. The number of carbonyl (C=O) groups excluding carboxylic acids is 2. The summed E-state index contributed by atoms with van der Waals surface area (Å²) in [6.07, 6.45) is 3.68. The summed E-state index contributed by atoms with van der Waals surface area (Å²) >= 11 is 17.8. The standard InChI is InChI=1S/C21H18Cl3NO3/c1-28-21(27)19(24)18(23)20(26)25(14-16-6-3-2-4-7-16)13-5-8-15-9-11-17(22)12-10-15/h2-12H,13-14H2,1H3/b8-5+,19-18-.